The summed E-state index contributed by atoms with van der Waals surface area (Å²) in [7, 11) is 0. The highest BCUT2D eigenvalue weighted by Gasteiger charge is 2.50. The topological polar surface area (TPSA) is 36.9 Å². The van der Waals surface area contributed by atoms with Crippen molar-refractivity contribution in [2.75, 3.05) is 26.2 Å². The number of fused-ring (bicyclic) bond motifs is 3. The first-order valence-electron chi connectivity index (χ1n) is 13.1. The molecule has 0 saturated carbocycles. The van der Waals surface area contributed by atoms with Gasteiger partial charge in [0.2, 0.25) is 0 Å². The van der Waals surface area contributed by atoms with E-state index in [1.165, 1.54) is 5.57 Å². The first-order chi connectivity index (χ1) is 17.6. The van der Waals surface area contributed by atoms with Gasteiger partial charge in [-0.1, -0.05) is 18.8 Å². The van der Waals surface area contributed by atoms with Crippen LogP contribution in [0.5, 0.6) is 5.75 Å². The minimum absolute atomic E-state index is 0.368. The molecule has 1 saturated heterocycles. The molecule has 0 aromatic heterocycles. The highest BCUT2D eigenvalue weighted by molar-refractivity contribution is 5.96. The van der Waals surface area contributed by atoms with E-state index in [9.17, 15) is 0 Å². The fourth-order valence-electron chi connectivity index (χ4n) is 6.12. The van der Waals surface area contributed by atoms with Crippen molar-refractivity contribution in [3.05, 3.63) is 64.3 Å². The summed E-state index contributed by atoms with van der Waals surface area (Å²) in [6, 6.07) is 4.21. The number of aryl methyl sites for hydroxylation is 1. The lowest BCUT2D eigenvalue weighted by atomic mass is 9.64. The lowest BCUT2D eigenvalue weighted by Crippen LogP contribution is -2.53. The van der Waals surface area contributed by atoms with Crippen LogP contribution in [0, 0.1) is 35.5 Å². The first-order valence-corrected chi connectivity index (χ1v) is 13.1. The van der Waals surface area contributed by atoms with Gasteiger partial charge in [0.15, 0.2) is 5.83 Å². The second-order valence-electron chi connectivity index (χ2n) is 10.1. The van der Waals surface area contributed by atoms with E-state index in [0.29, 0.717) is 24.3 Å². The summed E-state index contributed by atoms with van der Waals surface area (Å²) < 4.78 is 21.6. The van der Waals surface area contributed by atoms with Crippen molar-refractivity contribution in [2.24, 2.45) is 16.3 Å². The van der Waals surface area contributed by atoms with E-state index in [1.54, 1.807) is 6.26 Å². The number of amidine groups is 1. The van der Waals surface area contributed by atoms with Gasteiger partial charge >= 0.3 is 0 Å². The smallest absolute Gasteiger partial charge is 0.173 e. The molecule has 5 rings (SSSR count). The highest BCUT2D eigenvalue weighted by Crippen LogP contribution is 2.50. The van der Waals surface area contributed by atoms with Gasteiger partial charge in [-0.2, -0.15) is 4.39 Å². The Morgan fingerprint density at radius 3 is 3.11 bits per heavy atom. The minimum Gasteiger partial charge on any atom is -0.465 e. The molecular formula is C31H34FN3O. The number of rotatable bonds is 5. The maximum absolute atomic E-state index is 15.6. The number of ether oxygens (including phenoxy) is 1. The molecule has 4 nitrogen and oxygen atoms in total. The van der Waals surface area contributed by atoms with Crippen LogP contribution in [0.1, 0.15) is 56.2 Å². The molecule has 0 radical (unpaired) electrons. The van der Waals surface area contributed by atoms with Gasteiger partial charge in [0, 0.05) is 43.1 Å². The Balaban J connectivity index is 1.53. The van der Waals surface area contributed by atoms with Crippen LogP contribution < -0.4 is 10.1 Å². The van der Waals surface area contributed by atoms with Gasteiger partial charge in [-0.05, 0) is 86.1 Å². The number of hydrogen-bond donors (Lipinski definition) is 1. The number of piperidine rings is 1. The Kier molecular flexibility index (Phi) is 6.92. The Morgan fingerprint density at radius 2 is 2.28 bits per heavy atom. The average molecular weight is 484 g/mol. The van der Waals surface area contributed by atoms with E-state index >= 15 is 4.39 Å². The normalized spacial score (nSPS) is 24.4. The monoisotopic (exact) mass is 483 g/mol. The largest absolute Gasteiger partial charge is 0.465 e. The van der Waals surface area contributed by atoms with Crippen LogP contribution in [0.15, 0.2) is 52.6 Å². The Labute approximate surface area is 214 Å². The lowest BCUT2D eigenvalue weighted by molar-refractivity contribution is 0.280. The Hall–Kier alpha value is -3.44. The van der Waals surface area contributed by atoms with E-state index < -0.39 is 11.2 Å². The molecule has 186 valence electrons. The quantitative estimate of drug-likeness (QED) is 0.577. The van der Waals surface area contributed by atoms with Crippen molar-refractivity contribution in [3.63, 3.8) is 0 Å². The summed E-state index contributed by atoms with van der Waals surface area (Å²) in [6.45, 7) is 7.75. The second-order valence-corrected chi connectivity index (χ2v) is 10.1. The van der Waals surface area contributed by atoms with Crippen molar-refractivity contribution < 1.29 is 9.13 Å². The van der Waals surface area contributed by atoms with Gasteiger partial charge in [0.1, 0.15) is 11.6 Å². The Morgan fingerprint density at radius 1 is 1.39 bits per heavy atom. The molecule has 2 unspecified atom stereocenters. The zero-order valence-corrected chi connectivity index (χ0v) is 21.3. The molecule has 1 aromatic rings. The van der Waals surface area contributed by atoms with Crippen LogP contribution >= 0.6 is 0 Å². The molecule has 5 heteroatoms. The van der Waals surface area contributed by atoms with Crippen LogP contribution in [0.2, 0.25) is 0 Å². The SMILES string of the molecule is C#C/C(F)=C(/CCc1cc(C#CCCC)cc2c1OC=CC2)C1(C)C2=CNCCC2CN2CCN=C21. The molecule has 0 bridgehead atoms. The van der Waals surface area contributed by atoms with Crippen LogP contribution in [-0.2, 0) is 12.8 Å². The number of aliphatic imine (C=N–C) groups is 1. The molecule has 4 aliphatic heterocycles. The number of nitrogens with one attached hydrogen (secondary N) is 1. The van der Waals surface area contributed by atoms with Crippen LogP contribution in [0.25, 0.3) is 0 Å². The van der Waals surface area contributed by atoms with Crippen molar-refractivity contribution >= 4 is 5.84 Å². The number of hydrogen-bond acceptors (Lipinski definition) is 4. The van der Waals surface area contributed by atoms with Crippen LogP contribution in [0.4, 0.5) is 4.39 Å². The number of halogens is 1. The maximum Gasteiger partial charge on any atom is 0.173 e. The maximum atomic E-state index is 15.6. The summed E-state index contributed by atoms with van der Waals surface area (Å²) in [6.07, 6.45) is 16.4. The molecule has 4 heterocycles. The molecule has 1 fully saturated rings. The fraction of sp³-hybridized carbons (Fsp3) is 0.452. The van der Waals surface area contributed by atoms with Crippen LogP contribution in [0.3, 0.4) is 0 Å². The molecule has 4 aliphatic rings. The standard InChI is InChI=1S/C31H34FN3O/c1-4-6-7-9-22-18-23-10-8-17-36-29(23)24(19-22)11-12-26(28(32)5-2)31(3)27-20-33-14-13-25(27)21-35-16-15-34-30(31)35/h2,8,17-20,25,33H,4,6,10-16,21H2,1,3H3/b28-26+. The van der Waals surface area contributed by atoms with Crippen molar-refractivity contribution in [2.45, 2.75) is 52.4 Å². The average Bonchev–Trinajstić information content (AvgIpc) is 3.38. The molecule has 0 aliphatic carbocycles. The number of benzene rings is 1. The number of terminal acetylenes is 1. The zero-order chi connectivity index (χ0) is 25.1. The third kappa shape index (κ3) is 4.33. The first kappa shape index (κ1) is 24.3. The summed E-state index contributed by atoms with van der Waals surface area (Å²) in [5.74, 6) is 10.6. The van der Waals surface area contributed by atoms with Crippen molar-refractivity contribution in [3.8, 4) is 29.9 Å². The lowest BCUT2D eigenvalue weighted by Gasteiger charge is -2.49. The van der Waals surface area contributed by atoms with E-state index in [0.717, 1.165) is 80.1 Å². The molecule has 1 aromatic carbocycles. The van der Waals surface area contributed by atoms with Gasteiger partial charge in [-0.15, -0.1) is 6.42 Å². The van der Waals surface area contributed by atoms with Gasteiger partial charge in [-0.3, -0.25) is 4.99 Å². The third-order valence-electron chi connectivity index (χ3n) is 7.84. The predicted molar refractivity (Wildman–Crippen MR) is 143 cm³/mol. The molecule has 2 atom stereocenters. The number of nitrogens with zero attached hydrogens (tertiary/aromatic N) is 2. The van der Waals surface area contributed by atoms with Crippen LogP contribution in [-0.4, -0.2) is 36.9 Å². The number of allylic oxidation sites excluding steroid dienone is 2. The summed E-state index contributed by atoms with van der Waals surface area (Å²) in [5, 5.41) is 3.40. The summed E-state index contributed by atoms with van der Waals surface area (Å²) >= 11 is 0. The van der Waals surface area contributed by atoms with Gasteiger partial charge in [0.05, 0.1) is 18.2 Å². The fourth-order valence-corrected chi connectivity index (χ4v) is 6.12. The molecule has 0 spiro atoms. The van der Waals surface area contributed by atoms with E-state index in [4.69, 9.17) is 16.2 Å². The Bertz CT molecular complexity index is 1270. The van der Waals surface area contributed by atoms with Crippen molar-refractivity contribution in [1.29, 1.82) is 0 Å². The minimum atomic E-state index is -0.664. The molecular weight excluding hydrogens is 449 g/mol. The summed E-state index contributed by atoms with van der Waals surface area (Å²) in [5.41, 5.74) is 4.31. The molecule has 1 N–H and O–H groups in total. The zero-order valence-electron chi connectivity index (χ0n) is 21.3. The summed E-state index contributed by atoms with van der Waals surface area (Å²) in [4.78, 5) is 7.22. The van der Waals surface area contributed by atoms with E-state index in [2.05, 4.69) is 60.2 Å². The highest BCUT2D eigenvalue weighted by atomic mass is 19.1. The number of unbranched alkanes of at least 4 members (excludes halogenated alkanes) is 1. The van der Waals surface area contributed by atoms with E-state index in [-0.39, 0.29) is 0 Å². The van der Waals surface area contributed by atoms with E-state index in [1.807, 2.05) is 6.08 Å². The van der Waals surface area contributed by atoms with Gasteiger partial charge < -0.3 is 15.0 Å². The van der Waals surface area contributed by atoms with Gasteiger partial charge in [0.25, 0.3) is 0 Å². The van der Waals surface area contributed by atoms with Gasteiger partial charge in [-0.25, -0.2) is 0 Å². The molecule has 36 heavy (non-hydrogen) atoms. The predicted octanol–water partition coefficient (Wildman–Crippen LogP) is 5.30. The molecule has 0 amide bonds. The van der Waals surface area contributed by atoms with Crippen molar-refractivity contribution in [1.82, 2.24) is 10.2 Å². The second kappa shape index (κ2) is 10.3. The third-order valence-corrected chi connectivity index (χ3v) is 7.84.